The molecule has 3 nitrogen and oxygen atoms in total. The monoisotopic (exact) mass is 277 g/mol. The van der Waals surface area contributed by atoms with Crippen LogP contribution < -0.4 is 10.5 Å². The van der Waals surface area contributed by atoms with Gasteiger partial charge in [-0.3, -0.25) is 0 Å². The van der Waals surface area contributed by atoms with E-state index in [0.717, 1.165) is 6.42 Å². The molecule has 0 bridgehead atoms. The fourth-order valence-electron chi connectivity index (χ4n) is 1.31. The second-order valence-electron chi connectivity index (χ2n) is 3.11. The first-order valence-corrected chi connectivity index (χ1v) is 5.35. The van der Waals surface area contributed by atoms with Gasteiger partial charge in [-0.05, 0) is 46.9 Å². The molecule has 1 rings (SSSR count). The zero-order valence-electron chi connectivity index (χ0n) is 8.39. The minimum Gasteiger partial charge on any atom is -0.504 e. The first kappa shape index (κ1) is 12.3. The van der Waals surface area contributed by atoms with Crippen LogP contribution in [0.1, 0.15) is 12.0 Å². The summed E-state index contributed by atoms with van der Waals surface area (Å²) in [5, 5.41) is 9.69. The van der Waals surface area contributed by atoms with E-state index in [4.69, 9.17) is 10.5 Å². The molecule has 0 amide bonds. The average Bonchev–Trinajstić information content (AvgIpc) is 2.22. The van der Waals surface area contributed by atoms with Gasteiger partial charge in [0, 0.05) is 0 Å². The van der Waals surface area contributed by atoms with Gasteiger partial charge < -0.3 is 15.6 Å². The largest absolute Gasteiger partial charge is 0.504 e. The summed E-state index contributed by atoms with van der Waals surface area (Å²) in [5.74, 6) is -0.866. The van der Waals surface area contributed by atoms with Gasteiger partial charge in [-0.1, -0.05) is 0 Å². The highest BCUT2D eigenvalue weighted by Gasteiger charge is 2.16. The molecule has 1 aromatic carbocycles. The standard InChI is InChI=1S/C10H13BrFNO2/c1-15-10-8(12)7(11)5-6(9(10)14)3-2-4-13/h5,14H,2-4,13H2,1H3. The van der Waals surface area contributed by atoms with Crippen LogP contribution in [-0.4, -0.2) is 18.8 Å². The summed E-state index contributed by atoms with van der Waals surface area (Å²) in [5.41, 5.74) is 6.00. The maximum absolute atomic E-state index is 13.4. The minimum absolute atomic E-state index is 0.128. The Labute approximate surface area is 96.2 Å². The Bertz CT molecular complexity index is 358. The number of hydrogen-bond acceptors (Lipinski definition) is 3. The molecule has 0 unspecified atom stereocenters. The number of ether oxygens (including phenoxy) is 1. The normalized spacial score (nSPS) is 10.4. The number of methoxy groups -OCH3 is 1. The third kappa shape index (κ3) is 2.60. The average molecular weight is 278 g/mol. The Hall–Kier alpha value is -0.810. The van der Waals surface area contributed by atoms with E-state index in [1.54, 1.807) is 6.07 Å². The zero-order valence-corrected chi connectivity index (χ0v) is 9.97. The Kier molecular flexibility index (Phi) is 4.35. The van der Waals surface area contributed by atoms with Crippen LogP contribution in [0.2, 0.25) is 0 Å². The number of hydrogen-bond donors (Lipinski definition) is 2. The molecular weight excluding hydrogens is 265 g/mol. The molecule has 0 fully saturated rings. The van der Waals surface area contributed by atoms with Crippen LogP contribution in [0.25, 0.3) is 0 Å². The molecule has 0 saturated carbocycles. The Morgan fingerprint density at radius 2 is 2.27 bits per heavy atom. The Morgan fingerprint density at radius 3 is 2.80 bits per heavy atom. The molecule has 0 aliphatic rings. The molecule has 0 aliphatic heterocycles. The van der Waals surface area contributed by atoms with Crippen LogP contribution in [0.4, 0.5) is 4.39 Å². The van der Waals surface area contributed by atoms with Crippen molar-refractivity contribution in [3.63, 3.8) is 0 Å². The topological polar surface area (TPSA) is 55.5 Å². The van der Waals surface area contributed by atoms with Gasteiger partial charge in [0.05, 0.1) is 11.6 Å². The van der Waals surface area contributed by atoms with Crippen LogP contribution in [0.15, 0.2) is 10.5 Å². The van der Waals surface area contributed by atoms with E-state index < -0.39 is 5.82 Å². The van der Waals surface area contributed by atoms with Crippen LogP contribution in [0.5, 0.6) is 11.5 Å². The number of phenols is 1. The van der Waals surface area contributed by atoms with Crippen molar-refractivity contribution in [3.05, 3.63) is 21.9 Å². The molecule has 0 heterocycles. The second-order valence-corrected chi connectivity index (χ2v) is 3.96. The van der Waals surface area contributed by atoms with E-state index >= 15 is 0 Å². The van der Waals surface area contributed by atoms with Crippen LogP contribution >= 0.6 is 15.9 Å². The summed E-state index contributed by atoms with van der Waals surface area (Å²) in [6.45, 7) is 0.525. The van der Waals surface area contributed by atoms with E-state index in [1.807, 2.05) is 0 Å². The fraction of sp³-hybridized carbons (Fsp3) is 0.400. The number of halogens is 2. The highest BCUT2D eigenvalue weighted by molar-refractivity contribution is 9.10. The number of aromatic hydroxyl groups is 1. The summed E-state index contributed by atoms with van der Waals surface area (Å²) in [6.07, 6.45) is 1.33. The predicted octanol–water partition coefficient (Wildman–Crippen LogP) is 2.19. The number of aryl methyl sites for hydroxylation is 1. The van der Waals surface area contributed by atoms with E-state index in [0.29, 0.717) is 18.5 Å². The highest BCUT2D eigenvalue weighted by atomic mass is 79.9. The van der Waals surface area contributed by atoms with Crippen molar-refractivity contribution in [1.29, 1.82) is 0 Å². The molecule has 15 heavy (non-hydrogen) atoms. The highest BCUT2D eigenvalue weighted by Crippen LogP contribution is 2.37. The third-order valence-corrected chi connectivity index (χ3v) is 2.66. The summed E-state index contributed by atoms with van der Waals surface area (Å²) >= 11 is 3.07. The summed E-state index contributed by atoms with van der Waals surface area (Å²) in [4.78, 5) is 0. The van der Waals surface area contributed by atoms with Gasteiger partial charge in [0.15, 0.2) is 17.3 Å². The molecule has 1 aromatic rings. The predicted molar refractivity (Wildman–Crippen MR) is 59.7 cm³/mol. The molecule has 5 heteroatoms. The maximum Gasteiger partial charge on any atom is 0.198 e. The van der Waals surface area contributed by atoms with E-state index in [-0.39, 0.29) is 16.0 Å². The van der Waals surface area contributed by atoms with Gasteiger partial charge in [0.25, 0.3) is 0 Å². The molecular formula is C10H13BrFNO2. The van der Waals surface area contributed by atoms with Gasteiger partial charge in [0.1, 0.15) is 0 Å². The van der Waals surface area contributed by atoms with Crippen LogP contribution in [0, 0.1) is 5.82 Å². The van der Waals surface area contributed by atoms with Crippen LogP contribution in [-0.2, 0) is 6.42 Å². The van der Waals surface area contributed by atoms with Gasteiger partial charge in [0.2, 0.25) is 0 Å². The van der Waals surface area contributed by atoms with E-state index in [2.05, 4.69) is 15.9 Å². The number of nitrogens with two attached hydrogens (primary N) is 1. The van der Waals surface area contributed by atoms with Gasteiger partial charge >= 0.3 is 0 Å². The van der Waals surface area contributed by atoms with Crippen molar-refractivity contribution in [2.75, 3.05) is 13.7 Å². The Balaban J connectivity index is 3.12. The van der Waals surface area contributed by atoms with E-state index in [9.17, 15) is 9.50 Å². The lowest BCUT2D eigenvalue weighted by atomic mass is 10.1. The lowest BCUT2D eigenvalue weighted by molar-refractivity contribution is 0.347. The second kappa shape index (κ2) is 5.32. The lowest BCUT2D eigenvalue weighted by Crippen LogP contribution is -2.01. The molecule has 0 spiro atoms. The quantitative estimate of drug-likeness (QED) is 0.887. The number of phenolic OH excluding ortho intramolecular Hbond substituents is 1. The molecule has 0 radical (unpaired) electrons. The third-order valence-electron chi connectivity index (χ3n) is 2.08. The smallest absolute Gasteiger partial charge is 0.198 e. The minimum atomic E-state index is -0.591. The maximum atomic E-state index is 13.4. The summed E-state index contributed by atoms with van der Waals surface area (Å²) < 4.78 is 18.5. The molecule has 84 valence electrons. The number of benzene rings is 1. The van der Waals surface area contributed by atoms with Crippen molar-refractivity contribution >= 4 is 15.9 Å². The first-order valence-electron chi connectivity index (χ1n) is 4.55. The van der Waals surface area contributed by atoms with Crippen molar-refractivity contribution in [2.45, 2.75) is 12.8 Å². The molecule has 0 atom stereocenters. The fourth-order valence-corrected chi connectivity index (χ4v) is 1.77. The zero-order chi connectivity index (χ0) is 11.4. The molecule has 0 saturated heterocycles. The lowest BCUT2D eigenvalue weighted by Gasteiger charge is -2.11. The van der Waals surface area contributed by atoms with Gasteiger partial charge in [-0.2, -0.15) is 0 Å². The summed E-state index contributed by atoms with van der Waals surface area (Å²) in [6, 6.07) is 1.54. The van der Waals surface area contributed by atoms with Crippen molar-refractivity contribution in [3.8, 4) is 11.5 Å². The van der Waals surface area contributed by atoms with Crippen LogP contribution in [0.3, 0.4) is 0 Å². The van der Waals surface area contributed by atoms with Crippen molar-refractivity contribution in [1.82, 2.24) is 0 Å². The van der Waals surface area contributed by atoms with Crippen molar-refractivity contribution < 1.29 is 14.2 Å². The number of rotatable bonds is 4. The molecule has 0 aromatic heterocycles. The molecule has 0 aliphatic carbocycles. The van der Waals surface area contributed by atoms with E-state index in [1.165, 1.54) is 7.11 Å². The molecule has 3 N–H and O–H groups in total. The Morgan fingerprint density at radius 1 is 1.60 bits per heavy atom. The SMILES string of the molecule is COc1c(O)c(CCCN)cc(Br)c1F. The summed E-state index contributed by atoms with van der Waals surface area (Å²) in [7, 11) is 1.32. The van der Waals surface area contributed by atoms with Gasteiger partial charge in [-0.15, -0.1) is 0 Å². The van der Waals surface area contributed by atoms with Crippen molar-refractivity contribution in [2.24, 2.45) is 5.73 Å². The first-order chi connectivity index (χ1) is 7.11. The van der Waals surface area contributed by atoms with Gasteiger partial charge in [-0.25, -0.2) is 4.39 Å².